The second kappa shape index (κ2) is 8.71. The van der Waals surface area contributed by atoms with Crippen LogP contribution in [0.1, 0.15) is 37.4 Å². The van der Waals surface area contributed by atoms with Gasteiger partial charge in [0.2, 0.25) is 0 Å². The molecular weight excluding hydrogens is 284 g/mol. The number of hydrogen-bond donors (Lipinski definition) is 3. The lowest BCUT2D eigenvalue weighted by molar-refractivity contribution is 0.111. The molecule has 0 aromatic heterocycles. The summed E-state index contributed by atoms with van der Waals surface area (Å²) in [5.41, 5.74) is 3.31. The first-order valence-corrected chi connectivity index (χ1v) is 6.59. The van der Waals surface area contributed by atoms with Gasteiger partial charge in [0, 0.05) is 16.7 Å². The third-order valence-electron chi connectivity index (χ3n) is 3.09. The van der Waals surface area contributed by atoms with E-state index in [2.05, 4.69) is 0 Å². The molecule has 22 heavy (non-hydrogen) atoms. The number of aromatic hydroxyl groups is 1. The highest BCUT2D eigenvalue weighted by Crippen LogP contribution is 2.17. The van der Waals surface area contributed by atoms with Crippen LogP contribution >= 0.6 is 0 Å². The van der Waals surface area contributed by atoms with Crippen molar-refractivity contribution < 1.29 is 24.9 Å². The number of aldehydes is 2. The van der Waals surface area contributed by atoms with Crippen LogP contribution in [0.5, 0.6) is 5.75 Å². The van der Waals surface area contributed by atoms with Gasteiger partial charge >= 0.3 is 0 Å². The van der Waals surface area contributed by atoms with Crippen molar-refractivity contribution in [1.29, 1.82) is 0 Å². The first-order chi connectivity index (χ1) is 10.5. The van der Waals surface area contributed by atoms with Gasteiger partial charge in [-0.2, -0.15) is 0 Å². The Hall–Kier alpha value is -2.50. The first-order valence-electron chi connectivity index (χ1n) is 6.59. The SMILES string of the molecule is Cc1cc(C=O)ccc1CO.O=Cc1ccc(CO)c(O)c1. The fourth-order valence-corrected chi connectivity index (χ4v) is 1.76. The molecule has 2 aromatic rings. The van der Waals surface area contributed by atoms with Crippen LogP contribution < -0.4 is 0 Å². The molecule has 0 saturated carbocycles. The second-order valence-electron chi connectivity index (χ2n) is 4.63. The van der Waals surface area contributed by atoms with Crippen molar-refractivity contribution >= 4 is 12.6 Å². The van der Waals surface area contributed by atoms with Gasteiger partial charge in [0.25, 0.3) is 0 Å². The van der Waals surface area contributed by atoms with Crippen molar-refractivity contribution in [2.24, 2.45) is 0 Å². The zero-order valence-electron chi connectivity index (χ0n) is 12.2. The molecule has 0 amide bonds. The average molecular weight is 302 g/mol. The maximum Gasteiger partial charge on any atom is 0.150 e. The number of aliphatic hydroxyl groups is 2. The van der Waals surface area contributed by atoms with E-state index >= 15 is 0 Å². The maximum atomic E-state index is 10.3. The minimum Gasteiger partial charge on any atom is -0.508 e. The van der Waals surface area contributed by atoms with Gasteiger partial charge in [-0.15, -0.1) is 0 Å². The van der Waals surface area contributed by atoms with Gasteiger partial charge in [-0.25, -0.2) is 0 Å². The lowest BCUT2D eigenvalue weighted by Gasteiger charge is -2.00. The molecule has 0 atom stereocenters. The smallest absolute Gasteiger partial charge is 0.150 e. The van der Waals surface area contributed by atoms with E-state index in [1.807, 2.05) is 6.92 Å². The summed E-state index contributed by atoms with van der Waals surface area (Å²) in [4.78, 5) is 20.5. The Morgan fingerprint density at radius 2 is 1.36 bits per heavy atom. The van der Waals surface area contributed by atoms with Crippen LogP contribution in [0.15, 0.2) is 36.4 Å². The number of benzene rings is 2. The summed E-state index contributed by atoms with van der Waals surface area (Å²) >= 11 is 0. The van der Waals surface area contributed by atoms with Crippen LogP contribution in [-0.2, 0) is 13.2 Å². The van der Waals surface area contributed by atoms with Gasteiger partial charge in [-0.3, -0.25) is 9.59 Å². The predicted molar refractivity (Wildman–Crippen MR) is 81.9 cm³/mol. The third-order valence-corrected chi connectivity index (χ3v) is 3.09. The minimum absolute atomic E-state index is 0.0327. The van der Waals surface area contributed by atoms with Crippen LogP contribution in [-0.4, -0.2) is 27.9 Å². The van der Waals surface area contributed by atoms with Crippen molar-refractivity contribution in [3.63, 3.8) is 0 Å². The topological polar surface area (TPSA) is 94.8 Å². The molecule has 5 heteroatoms. The number of rotatable bonds is 4. The molecule has 0 aliphatic heterocycles. The van der Waals surface area contributed by atoms with Crippen LogP contribution in [0.4, 0.5) is 0 Å². The molecule has 5 nitrogen and oxygen atoms in total. The standard InChI is InChI=1S/C9H10O2.C8H8O3/c1-7-4-8(5-10)2-3-9(7)6-11;9-4-6-1-2-7(5-10)8(11)3-6/h2-5,11H,6H2,1H3;1-4,10-11H,5H2. The molecule has 0 aliphatic rings. The number of hydrogen-bond acceptors (Lipinski definition) is 5. The van der Waals surface area contributed by atoms with Crippen molar-refractivity contribution in [2.45, 2.75) is 20.1 Å². The first kappa shape index (κ1) is 17.6. The van der Waals surface area contributed by atoms with Crippen LogP contribution in [0.3, 0.4) is 0 Å². The van der Waals surface area contributed by atoms with Gasteiger partial charge in [0.1, 0.15) is 18.3 Å². The molecule has 0 spiro atoms. The summed E-state index contributed by atoms with van der Waals surface area (Å²) in [5, 5.41) is 26.5. The largest absolute Gasteiger partial charge is 0.508 e. The zero-order valence-corrected chi connectivity index (χ0v) is 12.2. The average Bonchev–Trinajstić information content (AvgIpc) is 2.55. The molecule has 116 valence electrons. The molecule has 0 heterocycles. The third kappa shape index (κ3) is 4.80. The molecule has 3 N–H and O–H groups in total. The highest BCUT2D eigenvalue weighted by atomic mass is 16.3. The van der Waals surface area contributed by atoms with E-state index in [1.165, 1.54) is 18.2 Å². The van der Waals surface area contributed by atoms with Crippen molar-refractivity contribution in [1.82, 2.24) is 0 Å². The highest BCUT2D eigenvalue weighted by molar-refractivity contribution is 5.76. The van der Waals surface area contributed by atoms with Crippen molar-refractivity contribution in [2.75, 3.05) is 0 Å². The van der Waals surface area contributed by atoms with Crippen molar-refractivity contribution in [3.8, 4) is 5.75 Å². The summed E-state index contributed by atoms with van der Waals surface area (Å²) < 4.78 is 0. The number of phenols is 1. The minimum atomic E-state index is -0.217. The normalized spacial score (nSPS) is 9.59. The molecule has 0 bridgehead atoms. The Morgan fingerprint density at radius 3 is 1.77 bits per heavy atom. The maximum absolute atomic E-state index is 10.3. The molecule has 0 aliphatic carbocycles. The Balaban J connectivity index is 0.000000220. The molecule has 2 rings (SSSR count). The van der Waals surface area contributed by atoms with Gasteiger partial charge in [0.05, 0.1) is 13.2 Å². The lowest BCUT2D eigenvalue weighted by atomic mass is 10.1. The molecule has 0 unspecified atom stereocenters. The van der Waals surface area contributed by atoms with E-state index in [1.54, 1.807) is 18.2 Å². The Kier molecular flexibility index (Phi) is 6.95. The lowest BCUT2D eigenvalue weighted by Crippen LogP contribution is -1.90. The molecule has 2 aromatic carbocycles. The molecular formula is C17H18O5. The quantitative estimate of drug-likeness (QED) is 0.751. The summed E-state index contributed by atoms with van der Waals surface area (Å²) in [5.74, 6) is -0.0444. The fourth-order valence-electron chi connectivity index (χ4n) is 1.76. The van der Waals surface area contributed by atoms with Crippen molar-refractivity contribution in [3.05, 3.63) is 64.2 Å². The van der Waals surface area contributed by atoms with Crippen LogP contribution in [0, 0.1) is 6.92 Å². The number of aryl methyl sites for hydroxylation is 1. The Bertz CT molecular complexity index is 592. The highest BCUT2D eigenvalue weighted by Gasteiger charge is 1.99. The Labute approximate surface area is 128 Å². The van der Waals surface area contributed by atoms with E-state index in [4.69, 9.17) is 15.3 Å². The molecule has 0 fully saturated rings. The van der Waals surface area contributed by atoms with Gasteiger partial charge in [0.15, 0.2) is 0 Å². The number of aliphatic hydroxyl groups excluding tert-OH is 2. The molecule has 0 saturated heterocycles. The van der Waals surface area contributed by atoms with E-state index in [0.29, 0.717) is 23.0 Å². The fraction of sp³-hybridized carbons (Fsp3) is 0.176. The number of carbonyl (C=O) groups excluding carboxylic acids is 2. The monoisotopic (exact) mass is 302 g/mol. The van der Waals surface area contributed by atoms with Crippen LogP contribution in [0.2, 0.25) is 0 Å². The van der Waals surface area contributed by atoms with Gasteiger partial charge in [-0.1, -0.05) is 24.3 Å². The summed E-state index contributed by atoms with van der Waals surface area (Å²) in [6, 6.07) is 9.60. The van der Waals surface area contributed by atoms with E-state index in [0.717, 1.165) is 17.4 Å². The zero-order chi connectivity index (χ0) is 16.5. The second-order valence-corrected chi connectivity index (χ2v) is 4.63. The summed E-state index contributed by atoms with van der Waals surface area (Å²) in [6.45, 7) is 1.69. The van der Waals surface area contributed by atoms with E-state index < -0.39 is 0 Å². The van der Waals surface area contributed by atoms with Gasteiger partial charge < -0.3 is 15.3 Å². The van der Waals surface area contributed by atoms with Crippen LogP contribution in [0.25, 0.3) is 0 Å². The summed E-state index contributed by atoms with van der Waals surface area (Å²) in [7, 11) is 0. The summed E-state index contributed by atoms with van der Waals surface area (Å²) in [6.07, 6.45) is 1.44. The predicted octanol–water partition coefficient (Wildman–Crippen LogP) is 2.00. The molecule has 0 radical (unpaired) electrons. The van der Waals surface area contributed by atoms with E-state index in [-0.39, 0.29) is 19.0 Å². The van der Waals surface area contributed by atoms with E-state index in [9.17, 15) is 9.59 Å². The Morgan fingerprint density at radius 1 is 0.864 bits per heavy atom. The number of carbonyl (C=O) groups is 2. The van der Waals surface area contributed by atoms with Gasteiger partial charge in [-0.05, 0) is 30.2 Å².